The molecule has 136 valence electrons. The van der Waals surface area contributed by atoms with Crippen molar-refractivity contribution in [1.82, 2.24) is 14.8 Å². The molecule has 1 atom stereocenters. The highest BCUT2D eigenvalue weighted by molar-refractivity contribution is 5.94. The van der Waals surface area contributed by atoms with Crippen LogP contribution in [0.15, 0.2) is 30.5 Å². The number of likely N-dealkylation sites (N-methyl/N-ethyl adjacent to an activating group) is 1. The number of nitriles is 1. The van der Waals surface area contributed by atoms with Crippen molar-refractivity contribution in [3.63, 3.8) is 0 Å². The van der Waals surface area contributed by atoms with Gasteiger partial charge in [0.05, 0.1) is 16.8 Å². The predicted octanol–water partition coefficient (Wildman–Crippen LogP) is 2.71. The molecule has 1 aromatic heterocycles. The van der Waals surface area contributed by atoms with Crippen LogP contribution in [0.4, 0.5) is 5.69 Å². The minimum Gasteiger partial charge on any atom is -0.367 e. The zero-order chi connectivity index (χ0) is 17.9. The summed E-state index contributed by atoms with van der Waals surface area (Å²) in [6, 6.07) is 11.2. The van der Waals surface area contributed by atoms with Crippen LogP contribution in [0.3, 0.4) is 0 Å². The Morgan fingerprint density at radius 3 is 2.69 bits per heavy atom. The summed E-state index contributed by atoms with van der Waals surface area (Å²) < 4.78 is 0. The summed E-state index contributed by atoms with van der Waals surface area (Å²) in [7, 11) is 2.27. The second kappa shape index (κ2) is 7.61. The number of hydrogen-bond donors (Lipinski definition) is 0. The Morgan fingerprint density at radius 2 is 1.92 bits per heavy atom. The largest absolute Gasteiger partial charge is 0.367 e. The molecule has 2 fully saturated rings. The topological polar surface area (TPSA) is 46.4 Å². The van der Waals surface area contributed by atoms with Crippen molar-refractivity contribution >= 4 is 16.6 Å². The van der Waals surface area contributed by atoms with Crippen molar-refractivity contribution in [2.24, 2.45) is 0 Å². The van der Waals surface area contributed by atoms with Crippen molar-refractivity contribution in [2.45, 2.75) is 25.3 Å². The Hall–Kier alpha value is -2.16. The minimum absolute atomic E-state index is 0.684. The maximum absolute atomic E-state index is 9.57. The zero-order valence-corrected chi connectivity index (χ0v) is 15.6. The van der Waals surface area contributed by atoms with Crippen LogP contribution >= 0.6 is 0 Å². The van der Waals surface area contributed by atoms with E-state index in [0.717, 1.165) is 42.8 Å². The van der Waals surface area contributed by atoms with E-state index in [1.165, 1.54) is 32.4 Å². The number of benzene rings is 1. The van der Waals surface area contributed by atoms with E-state index in [1.807, 2.05) is 18.2 Å². The van der Waals surface area contributed by atoms with Gasteiger partial charge in [0.25, 0.3) is 0 Å². The molecule has 5 nitrogen and oxygen atoms in total. The van der Waals surface area contributed by atoms with Gasteiger partial charge in [0, 0.05) is 50.3 Å². The Morgan fingerprint density at radius 1 is 1.12 bits per heavy atom. The summed E-state index contributed by atoms with van der Waals surface area (Å²) in [5.74, 6) is 0. The van der Waals surface area contributed by atoms with Gasteiger partial charge in [0.1, 0.15) is 6.07 Å². The van der Waals surface area contributed by atoms with Gasteiger partial charge in [-0.25, -0.2) is 0 Å². The smallest absolute Gasteiger partial charge is 0.103 e. The molecule has 3 heterocycles. The van der Waals surface area contributed by atoms with Gasteiger partial charge in [-0.05, 0) is 32.5 Å². The molecule has 0 amide bonds. The number of piperazine rings is 1. The summed E-state index contributed by atoms with van der Waals surface area (Å²) in [4.78, 5) is 11.9. The molecule has 0 spiro atoms. The van der Waals surface area contributed by atoms with E-state index in [2.05, 4.69) is 38.9 Å². The molecule has 26 heavy (non-hydrogen) atoms. The van der Waals surface area contributed by atoms with Crippen molar-refractivity contribution in [1.29, 1.82) is 5.26 Å². The molecule has 0 radical (unpaired) electrons. The molecule has 0 saturated carbocycles. The third kappa shape index (κ3) is 3.40. The van der Waals surface area contributed by atoms with Gasteiger partial charge in [-0.15, -0.1) is 0 Å². The Labute approximate surface area is 155 Å². The number of nitrogens with zero attached hydrogens (tertiary/aromatic N) is 5. The lowest BCUT2D eigenvalue weighted by Crippen LogP contribution is -2.52. The number of para-hydroxylation sites is 1. The average Bonchev–Trinajstić information content (AvgIpc) is 2.69. The maximum Gasteiger partial charge on any atom is 0.103 e. The fourth-order valence-electron chi connectivity index (χ4n) is 4.38. The first kappa shape index (κ1) is 17.3. The highest BCUT2D eigenvalue weighted by Crippen LogP contribution is 2.30. The van der Waals surface area contributed by atoms with Crippen LogP contribution in [-0.4, -0.2) is 67.1 Å². The molecule has 0 aliphatic carbocycles. The van der Waals surface area contributed by atoms with Gasteiger partial charge in [0.2, 0.25) is 0 Å². The molecule has 2 aromatic rings. The molecule has 2 aliphatic heterocycles. The predicted molar refractivity (Wildman–Crippen MR) is 105 cm³/mol. The monoisotopic (exact) mass is 349 g/mol. The SMILES string of the molecule is CN1CCCCC1CN1CCN(c2c(C#N)cnc3ccccc23)CC1. The first-order valence-electron chi connectivity index (χ1n) is 9.71. The first-order chi connectivity index (χ1) is 12.8. The van der Waals surface area contributed by atoms with E-state index in [4.69, 9.17) is 0 Å². The summed E-state index contributed by atoms with van der Waals surface area (Å²) in [6.45, 7) is 6.47. The Balaban J connectivity index is 1.48. The van der Waals surface area contributed by atoms with Gasteiger partial charge >= 0.3 is 0 Å². The lowest BCUT2D eigenvalue weighted by molar-refractivity contribution is 0.125. The van der Waals surface area contributed by atoms with E-state index in [0.29, 0.717) is 11.6 Å². The highest BCUT2D eigenvalue weighted by Gasteiger charge is 2.25. The molecule has 5 heteroatoms. The van der Waals surface area contributed by atoms with Crippen LogP contribution in [-0.2, 0) is 0 Å². The minimum atomic E-state index is 0.684. The van der Waals surface area contributed by atoms with Crippen molar-refractivity contribution in [3.05, 3.63) is 36.0 Å². The normalized spacial score (nSPS) is 22.5. The lowest BCUT2D eigenvalue weighted by atomic mass is 10.0. The van der Waals surface area contributed by atoms with E-state index in [1.54, 1.807) is 6.20 Å². The zero-order valence-electron chi connectivity index (χ0n) is 15.6. The van der Waals surface area contributed by atoms with Crippen LogP contribution in [0.25, 0.3) is 10.9 Å². The second-order valence-corrected chi connectivity index (χ2v) is 7.57. The Kier molecular flexibility index (Phi) is 5.05. The molecular weight excluding hydrogens is 322 g/mol. The number of rotatable bonds is 3. The number of pyridine rings is 1. The average molecular weight is 349 g/mol. The van der Waals surface area contributed by atoms with Crippen LogP contribution in [0.1, 0.15) is 24.8 Å². The van der Waals surface area contributed by atoms with Crippen LogP contribution in [0.5, 0.6) is 0 Å². The third-order valence-electron chi connectivity index (χ3n) is 5.95. The van der Waals surface area contributed by atoms with Crippen molar-refractivity contribution in [3.8, 4) is 6.07 Å². The summed E-state index contributed by atoms with van der Waals surface area (Å²) >= 11 is 0. The van der Waals surface area contributed by atoms with E-state index in [-0.39, 0.29) is 0 Å². The molecule has 4 rings (SSSR count). The number of fused-ring (bicyclic) bond motifs is 1. The molecular formula is C21H27N5. The Bertz CT molecular complexity index is 804. The number of piperidine rings is 1. The standard InChI is InChI=1S/C21H27N5/c1-24-9-5-4-6-18(24)16-25-10-12-26(13-11-25)21-17(14-22)15-23-20-8-3-2-7-19(20)21/h2-3,7-8,15,18H,4-6,9-13,16H2,1H3. The third-order valence-corrected chi connectivity index (χ3v) is 5.95. The van der Waals surface area contributed by atoms with Crippen molar-refractivity contribution < 1.29 is 0 Å². The fraction of sp³-hybridized carbons (Fsp3) is 0.524. The second-order valence-electron chi connectivity index (χ2n) is 7.57. The number of anilines is 1. The maximum atomic E-state index is 9.57. The van der Waals surface area contributed by atoms with E-state index >= 15 is 0 Å². The van der Waals surface area contributed by atoms with Crippen LogP contribution < -0.4 is 4.90 Å². The number of aromatic nitrogens is 1. The lowest BCUT2D eigenvalue weighted by Gasteiger charge is -2.41. The fourth-order valence-corrected chi connectivity index (χ4v) is 4.38. The van der Waals surface area contributed by atoms with Gasteiger partial charge in [-0.1, -0.05) is 24.6 Å². The van der Waals surface area contributed by atoms with Crippen LogP contribution in [0, 0.1) is 11.3 Å². The number of likely N-dealkylation sites (tertiary alicyclic amines) is 1. The summed E-state index contributed by atoms with van der Waals surface area (Å²) in [6.07, 6.45) is 5.75. The summed E-state index contributed by atoms with van der Waals surface area (Å²) in [5, 5.41) is 10.7. The first-order valence-corrected chi connectivity index (χ1v) is 9.71. The molecule has 0 bridgehead atoms. The van der Waals surface area contributed by atoms with Gasteiger partial charge in [0.15, 0.2) is 0 Å². The number of hydrogen-bond acceptors (Lipinski definition) is 5. The van der Waals surface area contributed by atoms with Crippen LogP contribution in [0.2, 0.25) is 0 Å². The van der Waals surface area contributed by atoms with Gasteiger partial charge in [-0.3, -0.25) is 9.88 Å². The van der Waals surface area contributed by atoms with E-state index < -0.39 is 0 Å². The molecule has 2 aliphatic rings. The quantitative estimate of drug-likeness (QED) is 0.853. The molecule has 0 N–H and O–H groups in total. The van der Waals surface area contributed by atoms with Gasteiger partial charge < -0.3 is 9.80 Å². The van der Waals surface area contributed by atoms with Gasteiger partial charge in [-0.2, -0.15) is 5.26 Å². The molecule has 2 saturated heterocycles. The van der Waals surface area contributed by atoms with E-state index in [9.17, 15) is 5.26 Å². The van der Waals surface area contributed by atoms with Crippen molar-refractivity contribution in [2.75, 3.05) is 51.2 Å². The summed E-state index contributed by atoms with van der Waals surface area (Å²) in [5.41, 5.74) is 2.71. The molecule has 1 unspecified atom stereocenters. The highest BCUT2D eigenvalue weighted by atomic mass is 15.3. The molecule has 1 aromatic carbocycles.